The van der Waals surface area contributed by atoms with Gasteiger partial charge in [-0.15, -0.1) is 12.4 Å². The fourth-order valence-electron chi connectivity index (χ4n) is 2.69. The van der Waals surface area contributed by atoms with Crippen LogP contribution >= 0.6 is 12.4 Å². The average Bonchev–Trinajstić information content (AvgIpc) is 2.78. The Labute approximate surface area is 127 Å². The largest absolute Gasteiger partial charge is 0.480 e. The second-order valence-electron chi connectivity index (χ2n) is 6.54. The van der Waals surface area contributed by atoms with Gasteiger partial charge in [0.2, 0.25) is 0 Å². The number of nitrogens with one attached hydrogen (secondary N) is 1. The predicted octanol–water partition coefficient (Wildman–Crippen LogP) is 3.16. The molecule has 0 amide bonds. The van der Waals surface area contributed by atoms with Crippen molar-refractivity contribution in [1.29, 1.82) is 0 Å². The molecule has 1 fully saturated rings. The molecule has 2 N–H and O–H groups in total. The molecule has 1 heterocycles. The molecule has 1 aromatic carbocycles. The van der Waals surface area contributed by atoms with E-state index in [9.17, 15) is 9.90 Å². The van der Waals surface area contributed by atoms with E-state index in [4.69, 9.17) is 0 Å². The summed E-state index contributed by atoms with van der Waals surface area (Å²) in [7, 11) is 0. The van der Waals surface area contributed by atoms with Gasteiger partial charge in [-0.3, -0.25) is 4.79 Å². The summed E-state index contributed by atoms with van der Waals surface area (Å²) in [6.07, 6.45) is 2.21. The first kappa shape index (κ1) is 17.0. The van der Waals surface area contributed by atoms with Crippen LogP contribution in [0.4, 0.5) is 0 Å². The highest BCUT2D eigenvalue weighted by molar-refractivity contribution is 5.85. The second kappa shape index (κ2) is 6.15. The fourth-order valence-corrected chi connectivity index (χ4v) is 2.69. The normalized spacial score (nSPS) is 22.4. The molecule has 3 nitrogen and oxygen atoms in total. The van der Waals surface area contributed by atoms with Gasteiger partial charge in [0.05, 0.1) is 0 Å². The molecule has 112 valence electrons. The van der Waals surface area contributed by atoms with Gasteiger partial charge in [0.25, 0.3) is 0 Å². The molecule has 4 heteroatoms. The molecule has 0 bridgehead atoms. The number of rotatable bonds is 3. The lowest BCUT2D eigenvalue weighted by atomic mass is 9.84. The summed E-state index contributed by atoms with van der Waals surface area (Å²) in [5.74, 6) is -0.732. The fraction of sp³-hybridized carbons (Fsp3) is 0.562. The van der Waals surface area contributed by atoms with Crippen LogP contribution in [0.15, 0.2) is 24.3 Å². The summed E-state index contributed by atoms with van der Waals surface area (Å²) in [6, 6.07) is 8.34. The van der Waals surface area contributed by atoms with Crippen molar-refractivity contribution in [2.24, 2.45) is 0 Å². The van der Waals surface area contributed by atoms with Crippen LogP contribution in [0.25, 0.3) is 0 Å². The average molecular weight is 298 g/mol. The van der Waals surface area contributed by atoms with E-state index in [0.29, 0.717) is 12.8 Å². The first-order valence-electron chi connectivity index (χ1n) is 6.91. The van der Waals surface area contributed by atoms with Crippen LogP contribution in [0.1, 0.15) is 44.7 Å². The standard InChI is InChI=1S/C16H23NO2.ClH/c1-15(2,3)13-7-5-12(6-8-13)11-16(14(18)19)9-4-10-17-16;/h5-8,17H,4,9-11H2,1-3H3,(H,18,19);1H. The summed E-state index contributed by atoms with van der Waals surface area (Å²) in [6.45, 7) is 7.34. The topological polar surface area (TPSA) is 49.3 Å². The molecule has 1 saturated heterocycles. The van der Waals surface area contributed by atoms with E-state index in [2.05, 4.69) is 50.4 Å². The number of hydrogen-bond donors (Lipinski definition) is 2. The van der Waals surface area contributed by atoms with Gasteiger partial charge in [-0.25, -0.2) is 0 Å². The highest BCUT2D eigenvalue weighted by atomic mass is 35.5. The minimum absolute atomic E-state index is 0. The lowest BCUT2D eigenvalue weighted by molar-refractivity contribution is -0.144. The molecule has 1 aliphatic rings. The first-order chi connectivity index (χ1) is 8.83. The zero-order valence-corrected chi connectivity index (χ0v) is 13.2. The lowest BCUT2D eigenvalue weighted by Crippen LogP contribution is -2.49. The molecule has 1 aromatic rings. The Hall–Kier alpha value is -1.06. The summed E-state index contributed by atoms with van der Waals surface area (Å²) in [4.78, 5) is 11.5. The number of carbonyl (C=O) groups is 1. The number of hydrogen-bond acceptors (Lipinski definition) is 2. The van der Waals surface area contributed by atoms with Crippen molar-refractivity contribution in [3.05, 3.63) is 35.4 Å². The quantitative estimate of drug-likeness (QED) is 0.901. The summed E-state index contributed by atoms with van der Waals surface area (Å²) >= 11 is 0. The predicted molar refractivity (Wildman–Crippen MR) is 83.7 cm³/mol. The molecular formula is C16H24ClNO2. The monoisotopic (exact) mass is 297 g/mol. The van der Waals surface area contributed by atoms with Gasteiger partial charge in [-0.1, -0.05) is 45.0 Å². The van der Waals surface area contributed by atoms with E-state index >= 15 is 0 Å². The van der Waals surface area contributed by atoms with Gasteiger partial charge < -0.3 is 10.4 Å². The Morgan fingerprint density at radius 2 is 1.90 bits per heavy atom. The molecule has 0 aliphatic carbocycles. The van der Waals surface area contributed by atoms with Crippen LogP contribution in [0, 0.1) is 0 Å². The first-order valence-corrected chi connectivity index (χ1v) is 6.91. The van der Waals surface area contributed by atoms with E-state index in [1.165, 1.54) is 5.56 Å². The number of halogens is 1. The Morgan fingerprint density at radius 3 is 2.30 bits per heavy atom. The van der Waals surface area contributed by atoms with Crippen molar-refractivity contribution >= 4 is 18.4 Å². The molecule has 0 saturated carbocycles. The molecular weight excluding hydrogens is 274 g/mol. The van der Waals surface area contributed by atoms with Crippen LogP contribution < -0.4 is 5.32 Å². The Bertz CT molecular complexity index is 456. The van der Waals surface area contributed by atoms with Crippen molar-refractivity contribution in [3.63, 3.8) is 0 Å². The zero-order chi connectivity index (χ0) is 14.1. The van der Waals surface area contributed by atoms with Crippen LogP contribution in [0.2, 0.25) is 0 Å². The molecule has 1 atom stereocenters. The van der Waals surface area contributed by atoms with Gasteiger partial charge in [0.15, 0.2) is 0 Å². The Morgan fingerprint density at radius 1 is 1.30 bits per heavy atom. The lowest BCUT2D eigenvalue weighted by Gasteiger charge is -2.25. The Balaban J connectivity index is 0.00000200. The maximum Gasteiger partial charge on any atom is 0.324 e. The third-order valence-electron chi connectivity index (χ3n) is 3.98. The third-order valence-corrected chi connectivity index (χ3v) is 3.98. The van der Waals surface area contributed by atoms with Crippen LogP contribution in [0.5, 0.6) is 0 Å². The summed E-state index contributed by atoms with van der Waals surface area (Å²) in [5.41, 5.74) is 1.74. The summed E-state index contributed by atoms with van der Waals surface area (Å²) in [5, 5.41) is 12.6. The van der Waals surface area contributed by atoms with E-state index in [0.717, 1.165) is 18.5 Å². The van der Waals surface area contributed by atoms with E-state index < -0.39 is 11.5 Å². The molecule has 0 spiro atoms. The van der Waals surface area contributed by atoms with Crippen molar-refractivity contribution in [2.45, 2.75) is 51.0 Å². The van der Waals surface area contributed by atoms with E-state index in [1.807, 2.05) is 0 Å². The maximum absolute atomic E-state index is 11.5. The van der Waals surface area contributed by atoms with Crippen molar-refractivity contribution in [1.82, 2.24) is 5.32 Å². The van der Waals surface area contributed by atoms with Crippen LogP contribution in [-0.4, -0.2) is 23.2 Å². The second-order valence-corrected chi connectivity index (χ2v) is 6.54. The molecule has 0 radical (unpaired) electrons. The highest BCUT2D eigenvalue weighted by Gasteiger charge is 2.40. The van der Waals surface area contributed by atoms with Gasteiger partial charge in [0.1, 0.15) is 5.54 Å². The molecule has 2 rings (SSSR count). The van der Waals surface area contributed by atoms with E-state index in [-0.39, 0.29) is 17.8 Å². The number of benzene rings is 1. The minimum atomic E-state index is -0.761. The summed E-state index contributed by atoms with van der Waals surface area (Å²) < 4.78 is 0. The molecule has 1 aliphatic heterocycles. The molecule has 0 aromatic heterocycles. The van der Waals surface area contributed by atoms with Crippen molar-refractivity contribution in [3.8, 4) is 0 Å². The molecule has 1 unspecified atom stereocenters. The van der Waals surface area contributed by atoms with Gasteiger partial charge in [-0.05, 0) is 35.9 Å². The number of carboxylic acids is 1. The molecule has 20 heavy (non-hydrogen) atoms. The number of aliphatic carboxylic acids is 1. The van der Waals surface area contributed by atoms with Gasteiger partial charge in [0, 0.05) is 6.42 Å². The maximum atomic E-state index is 11.5. The van der Waals surface area contributed by atoms with Crippen LogP contribution in [-0.2, 0) is 16.6 Å². The number of carboxylic acid groups (broad SMARTS) is 1. The smallest absolute Gasteiger partial charge is 0.324 e. The minimum Gasteiger partial charge on any atom is -0.480 e. The van der Waals surface area contributed by atoms with E-state index in [1.54, 1.807) is 0 Å². The highest BCUT2D eigenvalue weighted by Crippen LogP contribution is 2.27. The van der Waals surface area contributed by atoms with Crippen molar-refractivity contribution < 1.29 is 9.90 Å². The SMILES string of the molecule is CC(C)(C)c1ccc(CC2(C(=O)O)CCCN2)cc1.Cl. The van der Waals surface area contributed by atoms with Gasteiger partial charge in [-0.2, -0.15) is 0 Å². The van der Waals surface area contributed by atoms with Crippen molar-refractivity contribution in [2.75, 3.05) is 6.54 Å². The van der Waals surface area contributed by atoms with Crippen LogP contribution in [0.3, 0.4) is 0 Å². The van der Waals surface area contributed by atoms with Gasteiger partial charge >= 0.3 is 5.97 Å². The third kappa shape index (κ3) is 3.53. The Kier molecular flexibility index (Phi) is 5.22. The zero-order valence-electron chi connectivity index (χ0n) is 12.4.